The minimum Gasteiger partial charge on any atom is -0.493 e. The predicted molar refractivity (Wildman–Crippen MR) is 131 cm³/mol. The molecule has 0 unspecified atom stereocenters. The molecule has 3 aliphatic rings. The van der Waals surface area contributed by atoms with Gasteiger partial charge in [-0.3, -0.25) is 0 Å². The van der Waals surface area contributed by atoms with E-state index >= 15 is 0 Å². The number of halogens is 4. The predicted octanol–water partition coefficient (Wildman–Crippen LogP) is 5.98. The van der Waals surface area contributed by atoms with Crippen LogP contribution in [-0.2, 0) is 23.9 Å². The van der Waals surface area contributed by atoms with E-state index in [2.05, 4.69) is 4.98 Å². The minimum atomic E-state index is -4.75. The second-order valence-corrected chi connectivity index (χ2v) is 10.6. The second kappa shape index (κ2) is 9.24. The molecule has 5 nitrogen and oxygen atoms in total. The molecule has 2 heterocycles. The lowest BCUT2D eigenvalue weighted by Crippen LogP contribution is -2.50. The molecule has 200 valence electrons. The summed E-state index contributed by atoms with van der Waals surface area (Å²) in [5.74, 6) is 1.08. The number of hydrogen-bond donors (Lipinski definition) is 1. The van der Waals surface area contributed by atoms with Crippen LogP contribution in [0.25, 0.3) is 11.1 Å². The number of aryl methyl sites for hydroxylation is 1. The number of aromatic nitrogens is 1. The van der Waals surface area contributed by atoms with Crippen LogP contribution in [0.1, 0.15) is 46.6 Å². The van der Waals surface area contributed by atoms with E-state index in [1.807, 2.05) is 6.07 Å². The summed E-state index contributed by atoms with van der Waals surface area (Å²) >= 11 is 0. The van der Waals surface area contributed by atoms with Crippen molar-refractivity contribution in [2.24, 2.45) is 5.92 Å². The fraction of sp³-hybridized carbons (Fsp3) is 0.414. The maximum absolute atomic E-state index is 14.8. The highest BCUT2D eigenvalue weighted by atomic mass is 19.4. The monoisotopic (exact) mass is 529 g/mol. The highest BCUT2D eigenvalue weighted by Gasteiger charge is 2.45. The number of rotatable bonds is 8. The van der Waals surface area contributed by atoms with Crippen molar-refractivity contribution in [3.8, 4) is 22.8 Å². The van der Waals surface area contributed by atoms with E-state index in [9.17, 15) is 22.7 Å². The molecule has 0 bridgehead atoms. The molecule has 2 aliphatic carbocycles. The Hall–Kier alpha value is -3.17. The van der Waals surface area contributed by atoms with Gasteiger partial charge in [-0.2, -0.15) is 13.2 Å². The van der Waals surface area contributed by atoms with Crippen molar-refractivity contribution in [3.63, 3.8) is 0 Å². The highest BCUT2D eigenvalue weighted by Crippen LogP contribution is 2.56. The Balaban J connectivity index is 1.23. The van der Waals surface area contributed by atoms with Gasteiger partial charge in [0, 0.05) is 24.2 Å². The van der Waals surface area contributed by atoms with E-state index in [0.717, 1.165) is 6.42 Å². The van der Waals surface area contributed by atoms with Gasteiger partial charge in [0.1, 0.15) is 23.8 Å². The summed E-state index contributed by atoms with van der Waals surface area (Å²) < 4.78 is 73.0. The van der Waals surface area contributed by atoms with E-state index in [0.29, 0.717) is 47.1 Å². The van der Waals surface area contributed by atoms with Gasteiger partial charge < -0.3 is 19.3 Å². The molecule has 1 N–H and O–H groups in total. The molecule has 0 spiro atoms. The molecule has 3 aromatic rings. The first-order valence-corrected chi connectivity index (χ1v) is 12.6. The number of nitrogens with zero attached hydrogens (tertiary/aromatic N) is 1. The Morgan fingerprint density at radius 1 is 1.11 bits per heavy atom. The summed E-state index contributed by atoms with van der Waals surface area (Å²) in [6.07, 6.45) is -0.399. The highest BCUT2D eigenvalue weighted by molar-refractivity contribution is 5.73. The van der Waals surface area contributed by atoms with E-state index in [-0.39, 0.29) is 37.6 Å². The van der Waals surface area contributed by atoms with Crippen LogP contribution in [0.4, 0.5) is 17.6 Å². The van der Waals surface area contributed by atoms with Crippen LogP contribution in [0.15, 0.2) is 42.6 Å². The number of fused-ring (bicyclic) bond motifs is 3. The zero-order valence-corrected chi connectivity index (χ0v) is 20.8. The van der Waals surface area contributed by atoms with Crippen LogP contribution in [0, 0.1) is 18.7 Å². The van der Waals surface area contributed by atoms with Crippen molar-refractivity contribution in [1.29, 1.82) is 0 Å². The average molecular weight is 530 g/mol. The van der Waals surface area contributed by atoms with Crippen molar-refractivity contribution in [3.05, 3.63) is 76.2 Å². The fourth-order valence-corrected chi connectivity index (χ4v) is 5.42. The molecular weight excluding hydrogens is 502 g/mol. The lowest BCUT2D eigenvalue weighted by atomic mass is 9.93. The van der Waals surface area contributed by atoms with Gasteiger partial charge in [0.15, 0.2) is 0 Å². The third-order valence-electron chi connectivity index (χ3n) is 7.74. The molecule has 1 aromatic heterocycles. The standard InChI is InChI=1S/C29H27F4NO4/c1-16-6-20(37-5-4-28(35)14-36-15-28)2-3-21(16)23-9-19(26(30)11-25(23)29(31,32)33)13-38-27-10-18-7-17-8-22(17)24(18)12-34-27/h2-3,6,9-12,17,22,35H,4-5,7-8,13-15H2,1H3/t17-,22+/m0/s1. The fourth-order valence-electron chi connectivity index (χ4n) is 5.42. The Morgan fingerprint density at radius 2 is 1.92 bits per heavy atom. The average Bonchev–Trinajstić information content (AvgIpc) is 3.52. The van der Waals surface area contributed by atoms with Crippen molar-refractivity contribution >= 4 is 0 Å². The Bertz CT molecular complexity index is 1390. The molecule has 6 rings (SSSR count). The third-order valence-corrected chi connectivity index (χ3v) is 7.74. The first-order valence-electron chi connectivity index (χ1n) is 12.6. The van der Waals surface area contributed by atoms with E-state index < -0.39 is 23.2 Å². The normalized spacial score (nSPS) is 20.9. The molecule has 1 saturated carbocycles. The topological polar surface area (TPSA) is 60.8 Å². The first kappa shape index (κ1) is 25.1. The van der Waals surface area contributed by atoms with Gasteiger partial charge in [-0.05, 0) is 83.7 Å². The van der Waals surface area contributed by atoms with Crippen LogP contribution in [-0.4, -0.2) is 35.5 Å². The van der Waals surface area contributed by atoms with E-state index in [1.54, 1.807) is 25.3 Å². The summed E-state index contributed by atoms with van der Waals surface area (Å²) in [6, 6.07) is 8.33. The van der Waals surface area contributed by atoms with E-state index in [1.165, 1.54) is 29.7 Å². The lowest BCUT2D eigenvalue weighted by molar-refractivity contribution is -0.184. The van der Waals surface area contributed by atoms with Crippen molar-refractivity contribution in [2.75, 3.05) is 19.8 Å². The summed E-state index contributed by atoms with van der Waals surface area (Å²) in [6.45, 7) is 2.18. The van der Waals surface area contributed by atoms with Crippen LogP contribution < -0.4 is 9.47 Å². The van der Waals surface area contributed by atoms with Gasteiger partial charge in [-0.25, -0.2) is 9.37 Å². The third kappa shape index (κ3) is 4.85. The molecule has 9 heteroatoms. The first-order chi connectivity index (χ1) is 18.1. The van der Waals surface area contributed by atoms with E-state index in [4.69, 9.17) is 14.2 Å². The second-order valence-electron chi connectivity index (χ2n) is 10.6. The smallest absolute Gasteiger partial charge is 0.417 e. The molecule has 38 heavy (non-hydrogen) atoms. The Morgan fingerprint density at radius 3 is 2.63 bits per heavy atom. The number of pyridine rings is 1. The van der Waals surface area contributed by atoms with Gasteiger partial charge in [0.25, 0.3) is 0 Å². The van der Waals surface area contributed by atoms with Crippen LogP contribution in [0.5, 0.6) is 11.6 Å². The summed E-state index contributed by atoms with van der Waals surface area (Å²) in [7, 11) is 0. The van der Waals surface area contributed by atoms with Gasteiger partial charge in [-0.15, -0.1) is 0 Å². The molecule has 2 aromatic carbocycles. The Labute approximate surface area is 217 Å². The summed E-state index contributed by atoms with van der Waals surface area (Å²) in [5, 5.41) is 10.1. The SMILES string of the molecule is Cc1cc(OCCC2(O)COC2)ccc1-c1cc(COc2cc3c(cn2)[C@@H]2C[C@@H]2C3)c(F)cc1C(F)(F)F. The number of benzene rings is 2. The number of ether oxygens (including phenoxy) is 3. The Kier molecular flexibility index (Phi) is 6.11. The lowest BCUT2D eigenvalue weighted by Gasteiger charge is -2.36. The molecule has 0 amide bonds. The molecule has 2 atom stereocenters. The number of hydrogen-bond acceptors (Lipinski definition) is 5. The number of alkyl halides is 3. The zero-order valence-electron chi connectivity index (χ0n) is 20.8. The molecule has 1 aliphatic heterocycles. The van der Waals surface area contributed by atoms with Crippen LogP contribution >= 0.6 is 0 Å². The maximum Gasteiger partial charge on any atom is 0.417 e. The quantitative estimate of drug-likeness (QED) is 0.364. The van der Waals surface area contributed by atoms with Gasteiger partial charge >= 0.3 is 6.18 Å². The number of aliphatic hydroxyl groups is 1. The van der Waals surface area contributed by atoms with Gasteiger partial charge in [0.05, 0.1) is 25.4 Å². The summed E-state index contributed by atoms with van der Waals surface area (Å²) in [5.41, 5.74) is 1.19. The maximum atomic E-state index is 14.8. The molecule has 2 fully saturated rings. The zero-order chi connectivity index (χ0) is 26.7. The molecular formula is C29H27F4NO4. The minimum absolute atomic E-state index is 0.00818. The van der Waals surface area contributed by atoms with Gasteiger partial charge in [0.2, 0.25) is 5.88 Å². The van der Waals surface area contributed by atoms with Crippen molar-refractivity contribution in [2.45, 2.75) is 50.5 Å². The molecule has 0 radical (unpaired) electrons. The summed E-state index contributed by atoms with van der Waals surface area (Å²) in [4.78, 5) is 4.32. The molecule has 1 saturated heterocycles. The van der Waals surface area contributed by atoms with Crippen LogP contribution in [0.2, 0.25) is 0 Å². The largest absolute Gasteiger partial charge is 0.493 e. The van der Waals surface area contributed by atoms with Crippen molar-refractivity contribution in [1.82, 2.24) is 4.98 Å². The van der Waals surface area contributed by atoms with Crippen molar-refractivity contribution < 1.29 is 36.9 Å². The van der Waals surface area contributed by atoms with Crippen LogP contribution in [0.3, 0.4) is 0 Å². The van der Waals surface area contributed by atoms with Gasteiger partial charge in [-0.1, -0.05) is 6.07 Å².